The van der Waals surface area contributed by atoms with E-state index in [0.29, 0.717) is 75.8 Å². The summed E-state index contributed by atoms with van der Waals surface area (Å²) in [5, 5.41) is 16.8. The fourth-order valence-corrected chi connectivity index (χ4v) is 17.8. The van der Waals surface area contributed by atoms with Gasteiger partial charge in [-0.1, -0.05) is 332 Å². The molecular weight excluding hydrogens is 1550 g/mol. The van der Waals surface area contributed by atoms with Gasteiger partial charge in [0.2, 0.25) is 0 Å². The molecule has 0 saturated carbocycles. The zero-order valence-corrected chi connectivity index (χ0v) is 90.4. The van der Waals surface area contributed by atoms with Crippen molar-refractivity contribution in [2.45, 2.75) is 435 Å². The third kappa shape index (κ3) is 66.0. The number of H-pyrrole nitrogens is 1. The number of thiazole rings is 4. The minimum Gasteiger partial charge on any atom is -0.469 e. The van der Waals surface area contributed by atoms with E-state index in [9.17, 15) is 0 Å². The molecule has 0 aliphatic heterocycles. The lowest BCUT2D eigenvalue weighted by Gasteiger charge is -2.17. The first-order valence-corrected chi connectivity index (χ1v) is 48.5. The van der Waals surface area contributed by atoms with Gasteiger partial charge < -0.3 is 13.3 Å². The molecule has 1 N–H and O–H groups in total. The van der Waals surface area contributed by atoms with Crippen LogP contribution < -0.4 is 0 Å². The second kappa shape index (κ2) is 45.8. The van der Waals surface area contributed by atoms with E-state index in [4.69, 9.17) is 23.2 Å². The number of nitrogens with one attached hydrogen (secondary N) is 1. The lowest BCUT2D eigenvalue weighted by atomic mass is 9.88. The number of aromatic nitrogens is 7. The van der Waals surface area contributed by atoms with E-state index >= 15 is 0 Å². The maximum absolute atomic E-state index is 5.84. The predicted molar refractivity (Wildman–Crippen MR) is 532 cm³/mol. The van der Waals surface area contributed by atoms with E-state index in [2.05, 4.69) is 405 Å². The molecule has 0 spiro atoms. The number of furan rings is 3. The van der Waals surface area contributed by atoms with Crippen molar-refractivity contribution in [3.63, 3.8) is 0 Å². The third-order valence-corrected chi connectivity index (χ3v) is 20.1. The SMILES string of the molecule is CC(C)(C)Cc1ccc(CC(C)(C)C)o1.CC(C)(C)Cc1cnc(CC(C)(C)C)s1.CC(C)(C)Cc1cnc(CC(C)(C)C)s1.CC(C)(C)Cc1coc(CC(C)(C)C)c1.CC(C)(C)Cc1coc(CC(C)(C)C)c1.CC(C)(C)Cc1csc(CC(C)(C)C)n1.CC(C)(C)Cc1csc(CC(C)(C)C)n1.CC(C)(C)Cc1n[nH]c(CC(C)(C)C)n1. The first kappa shape index (κ1) is 114. The van der Waals surface area contributed by atoms with Gasteiger partial charge in [-0.15, -0.1) is 45.3 Å². The topological polar surface area (TPSA) is 133 Å². The number of rotatable bonds is 16. The van der Waals surface area contributed by atoms with Gasteiger partial charge in [-0.25, -0.2) is 24.9 Å². The molecule has 0 bridgehead atoms. The predicted octanol–water partition coefficient (Wildman–Crippen LogP) is 33.6. The molecule has 0 saturated heterocycles. The van der Waals surface area contributed by atoms with E-state index in [0.717, 1.165) is 137 Å². The molecule has 0 aromatic carbocycles. The Morgan fingerprint density at radius 3 is 0.792 bits per heavy atom. The molecule has 8 heterocycles. The highest BCUT2D eigenvalue weighted by Gasteiger charge is 2.26. The smallest absolute Gasteiger partial charge is 0.151 e. The molecule has 0 atom stereocenters. The van der Waals surface area contributed by atoms with Gasteiger partial charge in [0.05, 0.1) is 43.9 Å². The van der Waals surface area contributed by atoms with E-state index in [1.165, 1.54) is 52.3 Å². The Labute approximate surface area is 757 Å². The van der Waals surface area contributed by atoms with Gasteiger partial charge in [0.1, 0.15) is 28.9 Å². The highest BCUT2D eigenvalue weighted by molar-refractivity contribution is 7.12. The minimum atomic E-state index is 0.251. The van der Waals surface area contributed by atoms with Crippen molar-refractivity contribution in [2.75, 3.05) is 0 Å². The zero-order valence-electron chi connectivity index (χ0n) is 87.1. The molecule has 8 aromatic rings. The minimum absolute atomic E-state index is 0.251. The van der Waals surface area contributed by atoms with Crippen LogP contribution in [0.15, 0.2) is 73.2 Å². The maximum atomic E-state index is 5.84. The second-order valence-electron chi connectivity index (χ2n) is 54.1. The number of aromatic amines is 1. The van der Waals surface area contributed by atoms with Crippen LogP contribution in [0.1, 0.15) is 419 Å². The first-order valence-electron chi connectivity index (χ1n) is 45.1. The van der Waals surface area contributed by atoms with Gasteiger partial charge >= 0.3 is 0 Å². The third-order valence-electron chi connectivity index (χ3n) is 16.3. The average molecular weight is 1740 g/mol. The van der Waals surface area contributed by atoms with Crippen molar-refractivity contribution in [1.82, 2.24) is 35.1 Å². The number of nitrogens with zero attached hydrogens (tertiary/aromatic N) is 6. The molecular formula is C106H187N7O3S4. The van der Waals surface area contributed by atoms with Crippen LogP contribution in [-0.4, -0.2) is 35.1 Å². The Morgan fingerprint density at radius 2 is 0.525 bits per heavy atom. The van der Waals surface area contributed by atoms with Gasteiger partial charge in [0.25, 0.3) is 0 Å². The van der Waals surface area contributed by atoms with Crippen LogP contribution in [0, 0.1) is 86.6 Å². The summed E-state index contributed by atoms with van der Waals surface area (Å²) >= 11 is 7.36. The lowest BCUT2D eigenvalue weighted by Crippen LogP contribution is -2.11. The molecule has 688 valence electrons. The summed E-state index contributed by atoms with van der Waals surface area (Å²) in [7, 11) is 0. The Morgan fingerprint density at radius 1 is 0.267 bits per heavy atom. The van der Waals surface area contributed by atoms with E-state index in [1.807, 2.05) is 35.2 Å². The van der Waals surface area contributed by atoms with Crippen LogP contribution in [0.25, 0.3) is 0 Å². The van der Waals surface area contributed by atoms with Crippen LogP contribution in [0.4, 0.5) is 0 Å². The molecule has 10 nitrogen and oxygen atoms in total. The fraction of sp³-hybridized carbons (Fsp3) is 0.755. The standard InChI is InChI=1S/3C14H24O.4C13H23NS.C12H23N3/c2*1-13(2,3)8-11-7-12(15-10-11)9-14(4,5)6;1-13(2,3)9-11-7-8-12(15-11)10-14(4,5)6;2*1-12(2,3)7-10-9-15-11(14-10)8-13(4,5)6;2*1-12(2,3)7-10-9-14-11(15-10)8-13(4,5)6;1-11(2,3)7-9-13-10(15-14-9)8-12(4,5)6/h2*7,10H,8-9H2,1-6H3;7-8H,9-10H2,1-6H3;4*9H,7-8H2,1-6H3;7-8H2,1-6H3,(H,13,14,15). The van der Waals surface area contributed by atoms with Gasteiger partial charge in [0, 0.05) is 97.1 Å². The van der Waals surface area contributed by atoms with Gasteiger partial charge in [-0.05, 0) is 161 Å². The van der Waals surface area contributed by atoms with E-state index in [-0.39, 0.29) is 10.8 Å². The molecule has 14 heteroatoms. The Hall–Kier alpha value is -4.50. The molecule has 0 aliphatic carbocycles. The van der Waals surface area contributed by atoms with Crippen molar-refractivity contribution in [3.05, 3.63) is 147 Å². The van der Waals surface area contributed by atoms with Crippen molar-refractivity contribution in [3.8, 4) is 0 Å². The summed E-state index contributed by atoms with van der Waals surface area (Å²) in [5.74, 6) is 6.38. The summed E-state index contributed by atoms with van der Waals surface area (Å²) in [6.07, 6.45) is 24.8. The van der Waals surface area contributed by atoms with Crippen molar-refractivity contribution in [1.29, 1.82) is 0 Å². The molecule has 120 heavy (non-hydrogen) atoms. The van der Waals surface area contributed by atoms with Crippen molar-refractivity contribution < 1.29 is 13.3 Å². The summed E-state index contributed by atoms with van der Waals surface area (Å²) in [6, 6.07) is 8.64. The largest absolute Gasteiger partial charge is 0.469 e. The molecule has 8 aromatic heterocycles. The van der Waals surface area contributed by atoms with E-state index in [1.54, 1.807) is 22.7 Å². The van der Waals surface area contributed by atoms with Gasteiger partial charge in [-0.2, -0.15) is 5.10 Å². The van der Waals surface area contributed by atoms with Crippen LogP contribution >= 0.6 is 45.3 Å². The molecule has 0 aliphatic rings. The highest BCUT2D eigenvalue weighted by atomic mass is 32.1. The fourth-order valence-electron chi connectivity index (χ4n) is 12.6. The first-order chi connectivity index (χ1) is 53.3. The van der Waals surface area contributed by atoms with Crippen LogP contribution in [-0.2, 0) is 103 Å². The summed E-state index contributed by atoms with van der Waals surface area (Å²) in [5.41, 5.74) is 10.3. The van der Waals surface area contributed by atoms with Gasteiger partial charge in [-0.3, -0.25) is 5.10 Å². The molecule has 0 fully saturated rings. The molecule has 8 rings (SSSR count). The Kier molecular flexibility index (Phi) is 43.3. The molecule has 0 amide bonds. The average Bonchev–Trinajstić information content (AvgIpc) is 1.77. The van der Waals surface area contributed by atoms with E-state index < -0.39 is 0 Å². The Bertz CT molecular complexity index is 3050. The number of hydrogen-bond acceptors (Lipinski definition) is 13. The molecule has 0 radical (unpaired) electrons. The molecule has 0 unspecified atom stereocenters. The van der Waals surface area contributed by atoms with Crippen LogP contribution in [0.3, 0.4) is 0 Å². The quantitative estimate of drug-likeness (QED) is 0.100. The van der Waals surface area contributed by atoms with Crippen LogP contribution in [0.5, 0.6) is 0 Å². The van der Waals surface area contributed by atoms with Crippen molar-refractivity contribution >= 4 is 45.3 Å². The monoisotopic (exact) mass is 1730 g/mol. The highest BCUT2D eigenvalue weighted by Crippen LogP contribution is 2.35. The number of hydrogen-bond donors (Lipinski definition) is 1. The normalized spacial score (nSPS) is 13.2. The maximum Gasteiger partial charge on any atom is 0.151 e. The Balaban J connectivity index is 0.000000686. The summed E-state index contributed by atoms with van der Waals surface area (Å²) in [6.45, 7) is 108. The summed E-state index contributed by atoms with van der Waals surface area (Å²) < 4.78 is 17.0. The van der Waals surface area contributed by atoms with Crippen molar-refractivity contribution in [2.24, 2.45) is 86.6 Å². The summed E-state index contributed by atoms with van der Waals surface area (Å²) in [4.78, 5) is 25.8. The lowest BCUT2D eigenvalue weighted by molar-refractivity contribution is 0.325. The zero-order chi connectivity index (χ0) is 93.5. The second-order valence-corrected chi connectivity index (χ2v) is 58.4. The van der Waals surface area contributed by atoms with Crippen LogP contribution in [0.2, 0.25) is 0 Å². The van der Waals surface area contributed by atoms with Gasteiger partial charge in [0.15, 0.2) is 5.82 Å².